The molecule has 3 aromatic rings. The summed E-state index contributed by atoms with van der Waals surface area (Å²) in [5.74, 6) is -0.255. The van der Waals surface area contributed by atoms with E-state index in [9.17, 15) is 14.0 Å². The van der Waals surface area contributed by atoms with Crippen LogP contribution in [0.5, 0.6) is 0 Å². The van der Waals surface area contributed by atoms with Gasteiger partial charge in [0.15, 0.2) is 5.78 Å². The summed E-state index contributed by atoms with van der Waals surface area (Å²) >= 11 is 0. The average molecular weight is 492 g/mol. The molecular formula is C23H26FN3O6S. The normalized spacial score (nSPS) is 15.1. The molecule has 182 valence electrons. The van der Waals surface area contributed by atoms with E-state index in [4.69, 9.17) is 17.5 Å². The molecule has 0 atom stereocenters. The SMILES string of the molecule is Cc1nc2ccccn2c(=O)c1CCN1CCC(C(=O)c2ccc(F)cc2)CC1.O=S(=O)(O)O. The third kappa shape index (κ3) is 7.00. The van der Waals surface area contributed by atoms with E-state index in [0.29, 0.717) is 17.6 Å². The summed E-state index contributed by atoms with van der Waals surface area (Å²) in [5, 5.41) is 0. The Labute approximate surface area is 196 Å². The quantitative estimate of drug-likeness (QED) is 0.412. The maximum absolute atomic E-state index is 13.1. The molecule has 0 aliphatic carbocycles. The Kier molecular flexibility index (Phi) is 8.26. The molecule has 11 heteroatoms. The van der Waals surface area contributed by atoms with Crippen LogP contribution in [0, 0.1) is 18.7 Å². The van der Waals surface area contributed by atoms with Gasteiger partial charge in [0.2, 0.25) is 0 Å². The van der Waals surface area contributed by atoms with Crippen molar-refractivity contribution in [3.8, 4) is 0 Å². The standard InChI is InChI=1S/C23H24FN3O2.H2O4S/c1-16-20(23(29)27-12-3-2-4-21(27)25-16)11-15-26-13-9-18(10-14-26)22(28)17-5-7-19(24)8-6-17;1-5(2,3)4/h2-8,12,18H,9-11,13-15H2,1H3;(H2,1,2,3,4). The van der Waals surface area contributed by atoms with Gasteiger partial charge in [-0.15, -0.1) is 0 Å². The minimum Gasteiger partial charge on any atom is -0.303 e. The zero-order valence-corrected chi connectivity index (χ0v) is 19.4. The van der Waals surface area contributed by atoms with E-state index < -0.39 is 10.4 Å². The second-order valence-corrected chi connectivity index (χ2v) is 8.99. The Bertz CT molecular complexity index is 1310. The maximum Gasteiger partial charge on any atom is 0.394 e. The first kappa shape index (κ1) is 25.6. The van der Waals surface area contributed by atoms with Crippen molar-refractivity contribution >= 4 is 21.8 Å². The highest BCUT2D eigenvalue weighted by atomic mass is 32.3. The first-order chi connectivity index (χ1) is 16.0. The number of fused-ring (bicyclic) bond motifs is 1. The van der Waals surface area contributed by atoms with Gasteiger partial charge >= 0.3 is 10.4 Å². The average Bonchev–Trinajstić information content (AvgIpc) is 2.78. The number of hydrogen-bond donors (Lipinski definition) is 2. The fourth-order valence-electron chi connectivity index (χ4n) is 4.06. The fourth-order valence-corrected chi connectivity index (χ4v) is 4.06. The molecule has 0 amide bonds. The van der Waals surface area contributed by atoms with Crippen LogP contribution in [0.3, 0.4) is 0 Å². The van der Waals surface area contributed by atoms with Crippen molar-refractivity contribution < 1.29 is 26.7 Å². The lowest BCUT2D eigenvalue weighted by molar-refractivity contribution is 0.0841. The molecule has 3 heterocycles. The zero-order chi connectivity index (χ0) is 24.9. The minimum absolute atomic E-state index is 0.00512. The van der Waals surface area contributed by atoms with E-state index in [1.807, 2.05) is 25.1 Å². The molecule has 2 N–H and O–H groups in total. The van der Waals surface area contributed by atoms with Crippen LogP contribution in [0.1, 0.15) is 34.5 Å². The summed E-state index contributed by atoms with van der Waals surface area (Å²) in [7, 11) is -4.67. The molecule has 1 saturated heterocycles. The summed E-state index contributed by atoms with van der Waals surface area (Å²) in [5.41, 5.74) is 2.77. The van der Waals surface area contributed by atoms with Gasteiger partial charge in [0.05, 0.1) is 0 Å². The first-order valence-corrected chi connectivity index (χ1v) is 12.1. The molecule has 1 fully saturated rings. The highest BCUT2D eigenvalue weighted by Crippen LogP contribution is 2.22. The van der Waals surface area contributed by atoms with Crippen molar-refractivity contribution in [2.24, 2.45) is 5.92 Å². The van der Waals surface area contributed by atoms with E-state index in [-0.39, 0.29) is 23.1 Å². The molecule has 0 spiro atoms. The second-order valence-electron chi connectivity index (χ2n) is 8.09. The van der Waals surface area contributed by atoms with Gasteiger partial charge in [-0.2, -0.15) is 8.42 Å². The molecule has 0 saturated carbocycles. The molecular weight excluding hydrogens is 465 g/mol. The Morgan fingerprint density at radius 1 is 1.12 bits per heavy atom. The van der Waals surface area contributed by atoms with Gasteiger partial charge < -0.3 is 4.90 Å². The Morgan fingerprint density at radius 3 is 2.35 bits per heavy atom. The van der Waals surface area contributed by atoms with Gasteiger partial charge in [-0.3, -0.25) is 23.1 Å². The number of hydrogen-bond acceptors (Lipinski definition) is 6. The lowest BCUT2D eigenvalue weighted by atomic mass is 9.89. The Morgan fingerprint density at radius 2 is 1.74 bits per heavy atom. The Hall–Kier alpha value is -2.99. The van der Waals surface area contributed by atoms with Crippen molar-refractivity contribution in [2.45, 2.75) is 26.2 Å². The van der Waals surface area contributed by atoms with Gasteiger partial charge in [0.1, 0.15) is 11.5 Å². The van der Waals surface area contributed by atoms with Crippen molar-refractivity contribution in [1.29, 1.82) is 0 Å². The number of Topliss-reactive ketones (excluding diaryl/α,β-unsaturated/α-hetero) is 1. The number of aryl methyl sites for hydroxylation is 1. The minimum atomic E-state index is -4.67. The van der Waals surface area contributed by atoms with E-state index in [1.54, 1.807) is 22.7 Å². The summed E-state index contributed by atoms with van der Waals surface area (Å²) in [6.45, 7) is 4.30. The third-order valence-corrected chi connectivity index (χ3v) is 5.80. The van der Waals surface area contributed by atoms with Crippen LogP contribution in [0.4, 0.5) is 4.39 Å². The van der Waals surface area contributed by atoms with Crippen LogP contribution in [0.2, 0.25) is 0 Å². The van der Waals surface area contributed by atoms with Crippen LogP contribution < -0.4 is 5.56 Å². The molecule has 34 heavy (non-hydrogen) atoms. The largest absolute Gasteiger partial charge is 0.394 e. The fraction of sp³-hybridized carbons (Fsp3) is 0.348. The first-order valence-electron chi connectivity index (χ1n) is 10.7. The molecule has 4 rings (SSSR count). The number of nitrogens with zero attached hydrogens (tertiary/aromatic N) is 3. The number of aromatic nitrogens is 2. The molecule has 1 aromatic carbocycles. The lowest BCUT2D eigenvalue weighted by Crippen LogP contribution is -2.38. The molecule has 1 aliphatic heterocycles. The van der Waals surface area contributed by atoms with Crippen LogP contribution in [-0.2, 0) is 16.8 Å². The second kappa shape index (κ2) is 11.0. The van der Waals surface area contributed by atoms with Crippen molar-refractivity contribution in [3.05, 3.63) is 81.7 Å². The van der Waals surface area contributed by atoms with E-state index in [0.717, 1.165) is 43.7 Å². The number of carbonyl (C=O) groups is 1. The van der Waals surface area contributed by atoms with E-state index in [2.05, 4.69) is 9.88 Å². The smallest absolute Gasteiger partial charge is 0.303 e. The van der Waals surface area contributed by atoms with Gasteiger partial charge in [0, 0.05) is 35.5 Å². The number of rotatable bonds is 5. The molecule has 0 unspecified atom stereocenters. The summed E-state index contributed by atoms with van der Waals surface area (Å²) in [4.78, 5) is 32.2. The number of halogens is 1. The molecule has 2 aromatic heterocycles. The number of benzene rings is 1. The summed E-state index contributed by atoms with van der Waals surface area (Å²) < 4.78 is 46.2. The molecule has 9 nitrogen and oxygen atoms in total. The number of carbonyl (C=O) groups excluding carboxylic acids is 1. The predicted octanol–water partition coefficient (Wildman–Crippen LogP) is 2.63. The van der Waals surface area contributed by atoms with Crippen LogP contribution in [0.15, 0.2) is 53.5 Å². The van der Waals surface area contributed by atoms with Gasteiger partial charge in [0.25, 0.3) is 5.56 Å². The molecule has 0 bridgehead atoms. The lowest BCUT2D eigenvalue weighted by Gasteiger charge is -2.31. The van der Waals surface area contributed by atoms with Gasteiger partial charge in [-0.1, -0.05) is 6.07 Å². The van der Waals surface area contributed by atoms with Crippen molar-refractivity contribution in [3.63, 3.8) is 0 Å². The Balaban J connectivity index is 0.000000588. The van der Waals surface area contributed by atoms with Crippen LogP contribution in [-0.4, -0.2) is 57.2 Å². The molecule has 1 aliphatic rings. The van der Waals surface area contributed by atoms with Gasteiger partial charge in [-0.25, -0.2) is 9.37 Å². The number of ketones is 1. The van der Waals surface area contributed by atoms with Gasteiger partial charge in [-0.05, 0) is 75.7 Å². The summed E-state index contributed by atoms with van der Waals surface area (Å²) in [6, 6.07) is 11.3. The topological polar surface area (TPSA) is 129 Å². The van der Waals surface area contributed by atoms with E-state index in [1.165, 1.54) is 12.1 Å². The molecule has 0 radical (unpaired) electrons. The zero-order valence-electron chi connectivity index (χ0n) is 18.6. The number of likely N-dealkylation sites (tertiary alicyclic amines) is 1. The predicted molar refractivity (Wildman–Crippen MR) is 124 cm³/mol. The van der Waals surface area contributed by atoms with Crippen molar-refractivity contribution in [1.82, 2.24) is 14.3 Å². The summed E-state index contributed by atoms with van der Waals surface area (Å²) in [6.07, 6.45) is 3.96. The number of pyridine rings is 1. The third-order valence-electron chi connectivity index (χ3n) is 5.80. The van der Waals surface area contributed by atoms with Crippen LogP contribution in [0.25, 0.3) is 5.65 Å². The monoisotopic (exact) mass is 491 g/mol. The van der Waals surface area contributed by atoms with Crippen molar-refractivity contribution in [2.75, 3.05) is 19.6 Å². The number of piperidine rings is 1. The van der Waals surface area contributed by atoms with E-state index >= 15 is 0 Å². The van der Waals surface area contributed by atoms with Crippen LogP contribution >= 0.6 is 0 Å². The maximum atomic E-state index is 13.1. The highest BCUT2D eigenvalue weighted by molar-refractivity contribution is 7.79. The highest BCUT2D eigenvalue weighted by Gasteiger charge is 2.26.